The number of nitrogens with zero attached hydrogens (tertiary/aromatic N) is 1. The summed E-state index contributed by atoms with van der Waals surface area (Å²) in [4.78, 5) is 2.53. The molecule has 2 heteroatoms. The molecule has 0 aromatic heterocycles. The molecule has 2 rings (SSSR count). The van der Waals surface area contributed by atoms with Crippen molar-refractivity contribution in [1.82, 2.24) is 0 Å². The second-order valence-electron chi connectivity index (χ2n) is 5.23. The number of hydrogen-bond acceptors (Lipinski definition) is 2. The van der Waals surface area contributed by atoms with Crippen LogP contribution in [0.15, 0.2) is 18.2 Å². The van der Waals surface area contributed by atoms with Crippen molar-refractivity contribution in [3.05, 3.63) is 29.3 Å². The summed E-state index contributed by atoms with van der Waals surface area (Å²) in [5.41, 5.74) is 9.97. The maximum atomic E-state index is 5.69. The maximum Gasteiger partial charge on any atom is 0.0401 e. The van der Waals surface area contributed by atoms with E-state index in [1.165, 1.54) is 42.7 Å². The van der Waals surface area contributed by atoms with Crippen molar-refractivity contribution >= 4 is 5.69 Å². The molecule has 2 nitrogen and oxygen atoms in total. The highest BCUT2D eigenvalue weighted by molar-refractivity contribution is 5.57. The molecule has 0 spiro atoms. The van der Waals surface area contributed by atoms with Gasteiger partial charge in [-0.15, -0.1) is 0 Å². The Kier molecular flexibility index (Phi) is 4.06. The lowest BCUT2D eigenvalue weighted by Gasteiger charge is -2.25. The van der Waals surface area contributed by atoms with Gasteiger partial charge in [-0.1, -0.05) is 24.6 Å². The highest BCUT2D eigenvalue weighted by atomic mass is 15.1. The first kappa shape index (κ1) is 12.4. The zero-order chi connectivity index (χ0) is 12.3. The summed E-state index contributed by atoms with van der Waals surface area (Å²) in [6, 6.07) is 6.86. The Morgan fingerprint density at radius 3 is 2.65 bits per heavy atom. The van der Waals surface area contributed by atoms with E-state index in [-0.39, 0.29) is 0 Å². The highest BCUT2D eigenvalue weighted by Gasteiger charge is 2.18. The largest absolute Gasteiger partial charge is 0.371 e. The zero-order valence-corrected chi connectivity index (χ0v) is 11.1. The molecule has 1 aromatic carbocycles. The topological polar surface area (TPSA) is 29.3 Å². The predicted molar refractivity (Wildman–Crippen MR) is 74.7 cm³/mol. The van der Waals surface area contributed by atoms with Crippen molar-refractivity contribution in [3.8, 4) is 0 Å². The molecule has 1 aliphatic rings. The molecular formula is C15H24N2. The lowest BCUT2D eigenvalue weighted by molar-refractivity contribution is 0.686. The Bertz CT molecular complexity index is 367. The molecule has 1 unspecified atom stereocenters. The van der Waals surface area contributed by atoms with Crippen LogP contribution in [-0.2, 0) is 0 Å². The average Bonchev–Trinajstić information content (AvgIpc) is 2.82. The molecule has 94 valence electrons. The smallest absolute Gasteiger partial charge is 0.0401 e. The van der Waals surface area contributed by atoms with Gasteiger partial charge in [0.05, 0.1) is 0 Å². The van der Waals surface area contributed by atoms with E-state index in [1.807, 2.05) is 0 Å². The fraction of sp³-hybridized carbons (Fsp3) is 0.600. The number of rotatable bonds is 4. The van der Waals surface area contributed by atoms with Crippen LogP contribution >= 0.6 is 0 Å². The van der Waals surface area contributed by atoms with Gasteiger partial charge < -0.3 is 10.6 Å². The van der Waals surface area contributed by atoms with Gasteiger partial charge in [-0.3, -0.25) is 0 Å². The van der Waals surface area contributed by atoms with Gasteiger partial charge in [0.1, 0.15) is 0 Å². The van der Waals surface area contributed by atoms with Crippen LogP contribution in [0.3, 0.4) is 0 Å². The molecular weight excluding hydrogens is 208 g/mol. The number of aryl methyl sites for hydroxylation is 1. The molecule has 0 aliphatic carbocycles. The van der Waals surface area contributed by atoms with E-state index in [0.717, 1.165) is 13.0 Å². The Hall–Kier alpha value is -1.02. The average molecular weight is 232 g/mol. The van der Waals surface area contributed by atoms with Crippen LogP contribution in [0.4, 0.5) is 5.69 Å². The zero-order valence-electron chi connectivity index (χ0n) is 11.1. The first-order valence-corrected chi connectivity index (χ1v) is 6.78. The Morgan fingerprint density at radius 2 is 2.00 bits per heavy atom. The van der Waals surface area contributed by atoms with Gasteiger partial charge in [-0.25, -0.2) is 0 Å². The molecule has 0 radical (unpaired) electrons. The fourth-order valence-electron chi connectivity index (χ4n) is 2.72. The van der Waals surface area contributed by atoms with Gasteiger partial charge in [0.25, 0.3) is 0 Å². The first-order chi connectivity index (χ1) is 8.22. The molecule has 0 amide bonds. The van der Waals surface area contributed by atoms with Gasteiger partial charge in [0, 0.05) is 18.8 Å². The SMILES string of the molecule is Cc1ccc(N2CCCC2)c(C(C)CCN)c1. The molecule has 1 heterocycles. The molecule has 17 heavy (non-hydrogen) atoms. The summed E-state index contributed by atoms with van der Waals surface area (Å²) in [7, 11) is 0. The molecule has 1 saturated heterocycles. The van der Waals surface area contributed by atoms with E-state index < -0.39 is 0 Å². The third-order valence-corrected chi connectivity index (χ3v) is 3.76. The lowest BCUT2D eigenvalue weighted by Crippen LogP contribution is -2.20. The lowest BCUT2D eigenvalue weighted by atomic mass is 9.94. The van der Waals surface area contributed by atoms with Crippen molar-refractivity contribution in [2.75, 3.05) is 24.5 Å². The summed E-state index contributed by atoms with van der Waals surface area (Å²) < 4.78 is 0. The molecule has 1 fully saturated rings. The number of benzene rings is 1. The second kappa shape index (κ2) is 5.54. The van der Waals surface area contributed by atoms with Crippen molar-refractivity contribution in [2.24, 2.45) is 5.73 Å². The Balaban J connectivity index is 2.29. The maximum absolute atomic E-state index is 5.69. The molecule has 1 aromatic rings. The third-order valence-electron chi connectivity index (χ3n) is 3.76. The molecule has 1 aliphatic heterocycles. The number of hydrogen-bond donors (Lipinski definition) is 1. The minimum Gasteiger partial charge on any atom is -0.371 e. The quantitative estimate of drug-likeness (QED) is 0.864. The van der Waals surface area contributed by atoms with E-state index in [2.05, 4.69) is 36.9 Å². The predicted octanol–water partition coefficient (Wildman–Crippen LogP) is 3.05. The fourth-order valence-corrected chi connectivity index (χ4v) is 2.72. The summed E-state index contributed by atoms with van der Waals surface area (Å²) in [6.07, 6.45) is 3.74. The monoisotopic (exact) mass is 232 g/mol. The molecule has 0 bridgehead atoms. The van der Waals surface area contributed by atoms with Gasteiger partial charge in [0.2, 0.25) is 0 Å². The minimum absolute atomic E-state index is 0.565. The van der Waals surface area contributed by atoms with E-state index in [4.69, 9.17) is 5.73 Å². The third kappa shape index (κ3) is 2.81. The summed E-state index contributed by atoms with van der Waals surface area (Å²) in [5, 5.41) is 0. The van der Waals surface area contributed by atoms with Crippen LogP contribution in [0.2, 0.25) is 0 Å². The molecule has 2 N–H and O–H groups in total. The first-order valence-electron chi connectivity index (χ1n) is 6.78. The van der Waals surface area contributed by atoms with Crippen molar-refractivity contribution in [1.29, 1.82) is 0 Å². The minimum atomic E-state index is 0.565. The van der Waals surface area contributed by atoms with E-state index >= 15 is 0 Å². The summed E-state index contributed by atoms with van der Waals surface area (Å²) >= 11 is 0. The van der Waals surface area contributed by atoms with Crippen molar-refractivity contribution < 1.29 is 0 Å². The second-order valence-corrected chi connectivity index (χ2v) is 5.23. The summed E-state index contributed by atoms with van der Waals surface area (Å²) in [6.45, 7) is 7.67. The van der Waals surface area contributed by atoms with Crippen molar-refractivity contribution in [2.45, 2.75) is 39.0 Å². The van der Waals surface area contributed by atoms with Gasteiger partial charge >= 0.3 is 0 Å². The van der Waals surface area contributed by atoms with E-state index in [1.54, 1.807) is 0 Å². The Morgan fingerprint density at radius 1 is 1.29 bits per heavy atom. The Labute approximate surface area is 105 Å². The van der Waals surface area contributed by atoms with Crippen LogP contribution in [0.1, 0.15) is 43.2 Å². The van der Waals surface area contributed by atoms with Crippen LogP contribution in [0.25, 0.3) is 0 Å². The van der Waals surface area contributed by atoms with Crippen LogP contribution < -0.4 is 10.6 Å². The van der Waals surface area contributed by atoms with Crippen LogP contribution in [0, 0.1) is 6.92 Å². The van der Waals surface area contributed by atoms with Crippen LogP contribution in [0.5, 0.6) is 0 Å². The molecule has 1 atom stereocenters. The highest BCUT2D eigenvalue weighted by Crippen LogP contribution is 2.32. The number of nitrogens with two attached hydrogens (primary N) is 1. The van der Waals surface area contributed by atoms with Crippen molar-refractivity contribution in [3.63, 3.8) is 0 Å². The van der Waals surface area contributed by atoms with Gasteiger partial charge in [-0.2, -0.15) is 0 Å². The normalized spacial score (nSPS) is 17.5. The van der Waals surface area contributed by atoms with E-state index in [9.17, 15) is 0 Å². The standard InChI is InChI=1S/C15H24N2/c1-12-5-6-15(17-9-3-4-10-17)14(11-12)13(2)7-8-16/h5-6,11,13H,3-4,7-10,16H2,1-2H3. The van der Waals surface area contributed by atoms with Gasteiger partial charge in [0.15, 0.2) is 0 Å². The number of anilines is 1. The summed E-state index contributed by atoms with van der Waals surface area (Å²) in [5.74, 6) is 0.565. The van der Waals surface area contributed by atoms with E-state index in [0.29, 0.717) is 5.92 Å². The van der Waals surface area contributed by atoms with Crippen LogP contribution in [-0.4, -0.2) is 19.6 Å². The molecule has 0 saturated carbocycles. The van der Waals surface area contributed by atoms with Gasteiger partial charge in [-0.05, 0) is 50.3 Å².